The van der Waals surface area contributed by atoms with Crippen molar-refractivity contribution in [3.05, 3.63) is 28.2 Å². The van der Waals surface area contributed by atoms with Gasteiger partial charge in [0, 0.05) is 11.0 Å². The number of nitrogens with one attached hydrogen (secondary N) is 2. The van der Waals surface area contributed by atoms with E-state index in [4.69, 9.17) is 0 Å². The minimum Gasteiger partial charge on any atom is -0.318 e. The topological polar surface area (TPSA) is 58.2 Å². The van der Waals surface area contributed by atoms with Gasteiger partial charge in [0.2, 0.25) is 10.0 Å². The van der Waals surface area contributed by atoms with Gasteiger partial charge in [0.25, 0.3) is 0 Å². The van der Waals surface area contributed by atoms with Crippen LogP contribution in [0.15, 0.2) is 22.7 Å². The maximum atomic E-state index is 12.0. The summed E-state index contributed by atoms with van der Waals surface area (Å²) in [5, 5.41) is 2.38. The van der Waals surface area contributed by atoms with Crippen LogP contribution in [0.3, 0.4) is 0 Å². The first-order valence-corrected chi connectivity index (χ1v) is 7.63. The first kappa shape index (κ1) is 14.5. The maximum Gasteiger partial charge on any atom is 0.236 e. The van der Waals surface area contributed by atoms with Gasteiger partial charge < -0.3 is 5.32 Å². The van der Waals surface area contributed by atoms with Crippen molar-refractivity contribution in [1.29, 1.82) is 0 Å². The van der Waals surface area contributed by atoms with E-state index in [2.05, 4.69) is 26.0 Å². The molecule has 0 radical (unpaired) electrons. The molecule has 1 rings (SSSR count). The molecule has 4 nitrogen and oxygen atoms in total. The minimum absolute atomic E-state index is 0.419. The quantitative estimate of drug-likeness (QED) is 0.873. The predicted octanol–water partition coefficient (Wildman–Crippen LogP) is 2.11. The van der Waals surface area contributed by atoms with E-state index >= 15 is 0 Å². The summed E-state index contributed by atoms with van der Waals surface area (Å²) in [5.74, 6) is 0. The zero-order valence-corrected chi connectivity index (χ0v) is 12.5. The van der Waals surface area contributed by atoms with Gasteiger partial charge in [-0.25, -0.2) is 8.42 Å². The van der Waals surface area contributed by atoms with E-state index in [1.165, 1.54) is 0 Å². The summed E-state index contributed by atoms with van der Waals surface area (Å²) in [4.78, 5) is 0. The van der Waals surface area contributed by atoms with Gasteiger partial charge >= 0.3 is 0 Å². The number of rotatable bonds is 5. The van der Waals surface area contributed by atoms with Crippen molar-refractivity contribution in [3.8, 4) is 0 Å². The number of sulfonamides is 1. The molecule has 0 spiro atoms. The molecule has 1 atom stereocenters. The van der Waals surface area contributed by atoms with E-state index in [9.17, 15) is 8.42 Å². The number of benzene rings is 1. The second-order valence-electron chi connectivity index (χ2n) is 3.93. The highest BCUT2D eigenvalue weighted by atomic mass is 79.9. The van der Waals surface area contributed by atoms with Crippen LogP contribution in [-0.4, -0.2) is 27.3 Å². The summed E-state index contributed by atoms with van der Waals surface area (Å²) in [6.45, 7) is 3.96. The van der Waals surface area contributed by atoms with Gasteiger partial charge in [-0.1, -0.05) is 22.0 Å². The fourth-order valence-corrected chi connectivity index (χ4v) is 2.85. The molecular weight excluding hydrogens is 304 g/mol. The molecule has 0 saturated carbocycles. The van der Waals surface area contributed by atoms with Gasteiger partial charge in [-0.2, -0.15) is 0 Å². The Morgan fingerprint density at radius 1 is 1.41 bits per heavy atom. The zero-order valence-electron chi connectivity index (χ0n) is 10.1. The van der Waals surface area contributed by atoms with Crippen LogP contribution in [0.25, 0.3) is 0 Å². The van der Waals surface area contributed by atoms with E-state index in [1.54, 1.807) is 26.1 Å². The monoisotopic (exact) mass is 320 g/mol. The molecule has 0 aliphatic carbocycles. The first-order chi connectivity index (χ1) is 7.88. The van der Waals surface area contributed by atoms with Crippen molar-refractivity contribution in [2.45, 2.75) is 19.1 Å². The van der Waals surface area contributed by atoms with E-state index in [0.717, 1.165) is 10.0 Å². The van der Waals surface area contributed by atoms with E-state index in [-0.39, 0.29) is 0 Å². The van der Waals surface area contributed by atoms with Crippen LogP contribution < -0.4 is 10.0 Å². The van der Waals surface area contributed by atoms with Crippen LogP contribution >= 0.6 is 15.9 Å². The Hall–Kier alpha value is -0.590. The highest BCUT2D eigenvalue weighted by molar-refractivity contribution is 9.10. The molecule has 0 fully saturated rings. The fraction of sp³-hybridized carbons (Fsp3) is 0.455. The van der Waals surface area contributed by atoms with Crippen molar-refractivity contribution in [1.82, 2.24) is 5.32 Å². The van der Waals surface area contributed by atoms with Crippen LogP contribution in [0.1, 0.15) is 12.5 Å². The molecule has 0 bridgehead atoms. The van der Waals surface area contributed by atoms with Gasteiger partial charge in [-0.3, -0.25) is 4.72 Å². The van der Waals surface area contributed by atoms with Crippen LogP contribution in [-0.2, 0) is 10.0 Å². The van der Waals surface area contributed by atoms with E-state index in [0.29, 0.717) is 12.2 Å². The van der Waals surface area contributed by atoms with Crippen molar-refractivity contribution in [3.63, 3.8) is 0 Å². The van der Waals surface area contributed by atoms with E-state index in [1.807, 2.05) is 13.0 Å². The normalized spacial score (nSPS) is 13.4. The molecule has 0 aromatic heterocycles. The van der Waals surface area contributed by atoms with Crippen LogP contribution in [0.5, 0.6) is 0 Å². The zero-order chi connectivity index (χ0) is 13.1. The molecule has 1 unspecified atom stereocenters. The molecule has 0 aliphatic rings. The van der Waals surface area contributed by atoms with Crippen molar-refractivity contribution in [2.75, 3.05) is 18.3 Å². The number of hydrogen-bond donors (Lipinski definition) is 2. The molecular formula is C11H17BrN2O2S. The van der Waals surface area contributed by atoms with Crippen LogP contribution in [0, 0.1) is 6.92 Å². The summed E-state index contributed by atoms with van der Waals surface area (Å²) in [7, 11) is -1.62. The Kier molecular flexibility index (Phi) is 4.97. The molecule has 0 saturated heterocycles. The molecule has 0 aliphatic heterocycles. The highest BCUT2D eigenvalue weighted by Crippen LogP contribution is 2.24. The molecule has 2 N–H and O–H groups in total. The molecule has 6 heteroatoms. The molecule has 0 heterocycles. The summed E-state index contributed by atoms with van der Waals surface area (Å²) in [6.07, 6.45) is 0. The lowest BCUT2D eigenvalue weighted by Crippen LogP contribution is -2.33. The maximum absolute atomic E-state index is 12.0. The standard InChI is InChI=1S/C11H17BrN2O2S/c1-8(7-13-3)17(15,16)14-11-6-4-5-10(12)9(11)2/h4-6,8,13-14H,7H2,1-3H3. The fourth-order valence-electron chi connectivity index (χ4n) is 1.37. The SMILES string of the molecule is CNCC(C)S(=O)(=O)Nc1cccc(Br)c1C. The van der Waals surface area contributed by atoms with Crippen molar-refractivity contribution in [2.24, 2.45) is 0 Å². The summed E-state index contributed by atoms with van der Waals surface area (Å²) in [6, 6.07) is 5.44. The second kappa shape index (κ2) is 5.84. The van der Waals surface area contributed by atoms with Crippen molar-refractivity contribution >= 4 is 31.6 Å². The van der Waals surface area contributed by atoms with Gasteiger partial charge in [0.1, 0.15) is 0 Å². The average Bonchev–Trinajstić information content (AvgIpc) is 2.25. The smallest absolute Gasteiger partial charge is 0.236 e. The third-order valence-corrected chi connectivity index (χ3v) is 5.13. The van der Waals surface area contributed by atoms with Gasteiger partial charge in [-0.05, 0) is 38.6 Å². The average molecular weight is 321 g/mol. The van der Waals surface area contributed by atoms with Gasteiger partial charge in [-0.15, -0.1) is 0 Å². The molecule has 96 valence electrons. The third kappa shape index (κ3) is 3.69. The van der Waals surface area contributed by atoms with Gasteiger partial charge in [0.15, 0.2) is 0 Å². The van der Waals surface area contributed by atoms with E-state index < -0.39 is 15.3 Å². The first-order valence-electron chi connectivity index (χ1n) is 5.30. The Balaban J connectivity index is 2.94. The number of halogens is 1. The van der Waals surface area contributed by atoms with Gasteiger partial charge in [0.05, 0.1) is 10.9 Å². The Morgan fingerprint density at radius 3 is 2.65 bits per heavy atom. The van der Waals surface area contributed by atoms with Crippen LogP contribution in [0.4, 0.5) is 5.69 Å². The third-order valence-electron chi connectivity index (χ3n) is 2.54. The lowest BCUT2D eigenvalue weighted by Gasteiger charge is -2.16. The Morgan fingerprint density at radius 2 is 2.06 bits per heavy atom. The molecule has 1 aromatic carbocycles. The molecule has 1 aromatic rings. The lowest BCUT2D eigenvalue weighted by atomic mass is 10.2. The molecule has 17 heavy (non-hydrogen) atoms. The second-order valence-corrected chi connectivity index (χ2v) is 6.88. The summed E-state index contributed by atoms with van der Waals surface area (Å²) >= 11 is 3.37. The molecule has 0 amide bonds. The lowest BCUT2D eigenvalue weighted by molar-refractivity contribution is 0.583. The number of anilines is 1. The Labute approximate surface area is 111 Å². The minimum atomic E-state index is -3.35. The largest absolute Gasteiger partial charge is 0.318 e. The highest BCUT2D eigenvalue weighted by Gasteiger charge is 2.20. The summed E-state index contributed by atoms with van der Waals surface area (Å²) < 4.78 is 27.5. The summed E-state index contributed by atoms with van der Waals surface area (Å²) in [5.41, 5.74) is 1.50. The Bertz CT molecular complexity index is 488. The van der Waals surface area contributed by atoms with Crippen molar-refractivity contribution < 1.29 is 8.42 Å². The number of hydrogen-bond acceptors (Lipinski definition) is 3. The predicted molar refractivity (Wildman–Crippen MR) is 74.8 cm³/mol. The van der Waals surface area contributed by atoms with Crippen LogP contribution in [0.2, 0.25) is 0 Å².